The maximum absolute atomic E-state index is 13.2. The van der Waals surface area contributed by atoms with Crippen molar-refractivity contribution in [2.24, 2.45) is 0 Å². The zero-order chi connectivity index (χ0) is 21.9. The summed E-state index contributed by atoms with van der Waals surface area (Å²) in [5, 5.41) is 0. The predicted molar refractivity (Wildman–Crippen MR) is 102 cm³/mol. The maximum Gasteiger partial charge on any atom is 0.416 e. The molecule has 30 heavy (non-hydrogen) atoms. The van der Waals surface area contributed by atoms with E-state index in [1.54, 1.807) is 12.1 Å². The molecule has 154 valence electrons. The molecule has 0 radical (unpaired) electrons. The molecule has 0 spiro atoms. The van der Waals surface area contributed by atoms with E-state index in [0.29, 0.717) is 16.7 Å². The summed E-state index contributed by atoms with van der Waals surface area (Å²) in [5.74, 6) is -1.41. The van der Waals surface area contributed by atoms with Crippen LogP contribution in [0.3, 0.4) is 0 Å². The molecule has 0 fully saturated rings. The molecule has 0 atom stereocenters. The number of ketones is 1. The van der Waals surface area contributed by atoms with Crippen molar-refractivity contribution in [3.63, 3.8) is 0 Å². The van der Waals surface area contributed by atoms with Crippen molar-refractivity contribution in [2.45, 2.75) is 12.6 Å². The molecule has 0 N–H and O–H groups in total. The van der Waals surface area contributed by atoms with Gasteiger partial charge < -0.3 is 4.74 Å². The number of alkyl halides is 3. The van der Waals surface area contributed by atoms with Gasteiger partial charge in [0.2, 0.25) is 0 Å². The van der Waals surface area contributed by atoms with E-state index in [2.05, 4.69) is 4.74 Å². The van der Waals surface area contributed by atoms with Crippen molar-refractivity contribution in [3.05, 3.63) is 94.8 Å². The lowest BCUT2D eigenvalue weighted by molar-refractivity contribution is -0.140. The van der Waals surface area contributed by atoms with E-state index in [9.17, 15) is 27.2 Å². The molecule has 0 aliphatic carbocycles. The first-order valence-electron chi connectivity index (χ1n) is 8.86. The van der Waals surface area contributed by atoms with Crippen LogP contribution in [0.1, 0.15) is 27.0 Å². The van der Waals surface area contributed by atoms with E-state index in [4.69, 9.17) is 0 Å². The first-order chi connectivity index (χ1) is 14.2. The van der Waals surface area contributed by atoms with Crippen LogP contribution in [-0.2, 0) is 22.1 Å². The van der Waals surface area contributed by atoms with Crippen LogP contribution >= 0.6 is 0 Å². The van der Waals surface area contributed by atoms with Crippen molar-refractivity contribution in [1.82, 2.24) is 0 Å². The number of methoxy groups -OCH3 is 1. The van der Waals surface area contributed by atoms with E-state index >= 15 is 0 Å². The van der Waals surface area contributed by atoms with Gasteiger partial charge in [-0.2, -0.15) is 13.2 Å². The summed E-state index contributed by atoms with van der Waals surface area (Å²) in [7, 11) is 1.24. The highest BCUT2D eigenvalue weighted by molar-refractivity contribution is 6.13. The SMILES string of the molecule is COC(=O)Cc1ccc(C(=O)c2ccc(F)cc2)c(-c2ccc(C(F)(F)F)cc2)c1. The van der Waals surface area contributed by atoms with E-state index < -0.39 is 29.3 Å². The van der Waals surface area contributed by atoms with Gasteiger partial charge in [0.05, 0.1) is 19.1 Å². The van der Waals surface area contributed by atoms with E-state index in [1.807, 2.05) is 0 Å². The van der Waals surface area contributed by atoms with Crippen molar-refractivity contribution < 1.29 is 31.9 Å². The van der Waals surface area contributed by atoms with Gasteiger partial charge in [-0.05, 0) is 59.2 Å². The van der Waals surface area contributed by atoms with Crippen LogP contribution in [0.15, 0.2) is 66.7 Å². The van der Waals surface area contributed by atoms with Gasteiger partial charge in [0.25, 0.3) is 0 Å². The highest BCUT2D eigenvalue weighted by Crippen LogP contribution is 2.33. The minimum Gasteiger partial charge on any atom is -0.469 e. The molecule has 3 aromatic carbocycles. The van der Waals surface area contributed by atoms with Crippen molar-refractivity contribution in [3.8, 4) is 11.1 Å². The molecule has 3 nitrogen and oxygen atoms in total. The van der Waals surface area contributed by atoms with Gasteiger partial charge in [0, 0.05) is 11.1 Å². The van der Waals surface area contributed by atoms with Gasteiger partial charge in [-0.3, -0.25) is 9.59 Å². The largest absolute Gasteiger partial charge is 0.469 e. The minimum atomic E-state index is -4.49. The summed E-state index contributed by atoms with van der Waals surface area (Å²) in [6.07, 6.45) is -4.55. The summed E-state index contributed by atoms with van der Waals surface area (Å²) in [6.45, 7) is 0. The molecule has 0 aromatic heterocycles. The third-order valence-corrected chi connectivity index (χ3v) is 4.53. The molecule has 3 rings (SSSR count). The number of hydrogen-bond acceptors (Lipinski definition) is 3. The first-order valence-corrected chi connectivity index (χ1v) is 8.86. The highest BCUT2D eigenvalue weighted by Gasteiger charge is 2.30. The molecule has 0 aliphatic heterocycles. The average molecular weight is 416 g/mol. The monoisotopic (exact) mass is 416 g/mol. The smallest absolute Gasteiger partial charge is 0.416 e. The number of carbonyl (C=O) groups is 2. The predicted octanol–water partition coefficient (Wildman–Crippen LogP) is 5.46. The summed E-state index contributed by atoms with van der Waals surface area (Å²) in [4.78, 5) is 24.6. The molecule has 3 aromatic rings. The Bertz CT molecular complexity index is 1070. The highest BCUT2D eigenvalue weighted by atomic mass is 19.4. The summed E-state index contributed by atoms with van der Waals surface area (Å²) in [6, 6.07) is 14.0. The number of ether oxygens (including phenoxy) is 1. The molecule has 0 unspecified atom stereocenters. The molecule has 0 aliphatic rings. The second-order valence-corrected chi connectivity index (χ2v) is 6.54. The number of halogens is 4. The minimum absolute atomic E-state index is 0.0604. The van der Waals surface area contributed by atoms with Crippen LogP contribution in [0.2, 0.25) is 0 Å². The standard InChI is InChI=1S/C23H16F4O3/c1-30-21(28)13-14-2-11-19(22(29)16-5-9-18(24)10-6-16)20(12-14)15-3-7-17(8-4-15)23(25,26)27/h2-12H,13H2,1H3. The number of benzene rings is 3. The van der Waals surface area contributed by atoms with Crippen LogP contribution in [0.5, 0.6) is 0 Å². The van der Waals surface area contributed by atoms with Gasteiger partial charge in [-0.15, -0.1) is 0 Å². The lowest BCUT2D eigenvalue weighted by Gasteiger charge is -2.13. The van der Waals surface area contributed by atoms with Crippen molar-refractivity contribution in [2.75, 3.05) is 7.11 Å². The summed E-state index contributed by atoms with van der Waals surface area (Å²) < 4.78 is 56.5. The van der Waals surface area contributed by atoms with Crippen molar-refractivity contribution >= 4 is 11.8 Å². The number of hydrogen-bond donors (Lipinski definition) is 0. The molecule has 0 saturated heterocycles. The van der Waals surface area contributed by atoms with Crippen LogP contribution in [0, 0.1) is 5.82 Å². The fourth-order valence-electron chi connectivity index (χ4n) is 2.97. The lowest BCUT2D eigenvalue weighted by Crippen LogP contribution is -2.08. The van der Waals surface area contributed by atoms with E-state index in [0.717, 1.165) is 24.3 Å². The van der Waals surface area contributed by atoms with Crippen LogP contribution in [0.4, 0.5) is 17.6 Å². The Morgan fingerprint density at radius 1 is 0.900 bits per heavy atom. The number of carbonyl (C=O) groups excluding carboxylic acids is 2. The zero-order valence-electron chi connectivity index (χ0n) is 15.8. The quantitative estimate of drug-likeness (QED) is 0.315. The van der Waals surface area contributed by atoms with Crippen LogP contribution in [-0.4, -0.2) is 18.9 Å². The Kier molecular flexibility index (Phi) is 6.01. The second-order valence-electron chi connectivity index (χ2n) is 6.54. The van der Waals surface area contributed by atoms with Crippen LogP contribution < -0.4 is 0 Å². The molecule has 7 heteroatoms. The first kappa shape index (κ1) is 21.2. The van der Waals surface area contributed by atoms with Gasteiger partial charge in [-0.25, -0.2) is 4.39 Å². The Balaban J connectivity index is 2.09. The van der Waals surface area contributed by atoms with Crippen molar-refractivity contribution in [1.29, 1.82) is 0 Å². The third-order valence-electron chi connectivity index (χ3n) is 4.53. The fraction of sp³-hybridized carbons (Fsp3) is 0.130. The Hall–Kier alpha value is -3.48. The second kappa shape index (κ2) is 8.49. The lowest BCUT2D eigenvalue weighted by atomic mass is 9.91. The Labute approximate surface area is 169 Å². The third kappa shape index (κ3) is 4.74. The Morgan fingerprint density at radius 2 is 1.53 bits per heavy atom. The Morgan fingerprint density at radius 3 is 2.10 bits per heavy atom. The fourth-order valence-corrected chi connectivity index (χ4v) is 2.97. The zero-order valence-corrected chi connectivity index (χ0v) is 15.8. The summed E-state index contributed by atoms with van der Waals surface area (Å²) >= 11 is 0. The number of rotatable bonds is 5. The van der Waals surface area contributed by atoms with Gasteiger partial charge in [0.1, 0.15) is 5.82 Å². The molecule has 0 saturated carbocycles. The molecular weight excluding hydrogens is 400 g/mol. The molecular formula is C23H16F4O3. The molecule has 0 amide bonds. The topological polar surface area (TPSA) is 43.4 Å². The molecule has 0 bridgehead atoms. The van der Waals surface area contributed by atoms with Gasteiger partial charge in [-0.1, -0.05) is 24.3 Å². The summed E-state index contributed by atoms with van der Waals surface area (Å²) in [5.41, 5.74) is 0.899. The number of esters is 1. The van der Waals surface area contributed by atoms with Gasteiger partial charge >= 0.3 is 12.1 Å². The molecule has 0 heterocycles. The normalized spacial score (nSPS) is 11.2. The average Bonchev–Trinajstić information content (AvgIpc) is 2.73. The van der Waals surface area contributed by atoms with E-state index in [1.165, 1.54) is 37.4 Å². The van der Waals surface area contributed by atoms with Gasteiger partial charge in [0.15, 0.2) is 5.78 Å². The maximum atomic E-state index is 13.2. The van der Waals surface area contributed by atoms with Crippen LogP contribution in [0.25, 0.3) is 11.1 Å². The van der Waals surface area contributed by atoms with E-state index in [-0.39, 0.29) is 17.5 Å².